The number of esters is 1. The van der Waals surface area contributed by atoms with E-state index in [0.717, 1.165) is 41.8 Å². The number of hydrogen-bond acceptors (Lipinski definition) is 5. The molecule has 0 saturated heterocycles. The quantitative estimate of drug-likeness (QED) is 0.543. The highest BCUT2D eigenvalue weighted by atomic mass is 16.5. The van der Waals surface area contributed by atoms with E-state index in [1.54, 1.807) is 18.2 Å². The molecule has 176 valence electrons. The lowest BCUT2D eigenvalue weighted by Crippen LogP contribution is -2.42. The molecule has 2 unspecified atom stereocenters. The van der Waals surface area contributed by atoms with E-state index in [9.17, 15) is 19.2 Å². The second-order valence-corrected chi connectivity index (χ2v) is 9.32. The first kappa shape index (κ1) is 22.3. The summed E-state index contributed by atoms with van der Waals surface area (Å²) in [5.41, 5.74) is 4.16. The number of fused-ring (bicyclic) bond motifs is 2. The SMILES string of the molecule is O=C1CCc2cc(C(=O)COC(=O)C3CCCCC3C(=O)N3CCc4ccccc43)ccc2N1. The highest BCUT2D eigenvalue weighted by Crippen LogP contribution is 2.36. The van der Waals surface area contributed by atoms with Gasteiger partial charge in [0.25, 0.3) is 0 Å². The molecule has 5 rings (SSSR count). The third-order valence-electron chi connectivity index (χ3n) is 7.21. The Labute approximate surface area is 198 Å². The fraction of sp³-hybridized carbons (Fsp3) is 0.407. The minimum Gasteiger partial charge on any atom is -0.457 e. The normalized spacial score (nSPS) is 21.3. The maximum Gasteiger partial charge on any atom is 0.310 e. The van der Waals surface area contributed by atoms with Gasteiger partial charge in [-0.25, -0.2) is 0 Å². The summed E-state index contributed by atoms with van der Waals surface area (Å²) < 4.78 is 5.44. The minimum atomic E-state index is -0.527. The number of para-hydroxylation sites is 1. The van der Waals surface area contributed by atoms with Crippen molar-refractivity contribution in [2.24, 2.45) is 11.8 Å². The molecule has 7 nitrogen and oxygen atoms in total. The van der Waals surface area contributed by atoms with Crippen LogP contribution < -0.4 is 10.2 Å². The standard InChI is InChI=1S/C27H28N2O5/c30-24(19-9-11-22-18(15-19)10-12-25(31)28-22)16-34-27(33)21-7-3-2-6-20(21)26(32)29-14-13-17-5-1-4-8-23(17)29/h1,4-5,8-9,11,15,20-21H,2-3,6-7,10,12-14,16H2,(H,28,31). The number of aryl methyl sites for hydroxylation is 1. The van der Waals surface area contributed by atoms with Crippen molar-refractivity contribution in [2.75, 3.05) is 23.4 Å². The van der Waals surface area contributed by atoms with Gasteiger partial charge in [0.2, 0.25) is 11.8 Å². The van der Waals surface area contributed by atoms with Gasteiger partial charge in [0.15, 0.2) is 12.4 Å². The van der Waals surface area contributed by atoms with E-state index in [2.05, 4.69) is 5.32 Å². The Hall–Kier alpha value is -3.48. The number of benzene rings is 2. The van der Waals surface area contributed by atoms with E-state index >= 15 is 0 Å². The number of Topliss-reactive ketones (excluding diaryl/α,β-unsaturated/α-hetero) is 1. The van der Waals surface area contributed by atoms with Gasteiger partial charge in [-0.1, -0.05) is 31.0 Å². The van der Waals surface area contributed by atoms with Crippen LogP contribution >= 0.6 is 0 Å². The topological polar surface area (TPSA) is 92.8 Å². The Kier molecular flexibility index (Phi) is 6.18. The van der Waals surface area contributed by atoms with Crippen LogP contribution in [0.2, 0.25) is 0 Å². The lowest BCUT2D eigenvalue weighted by molar-refractivity contribution is -0.153. The molecule has 0 aromatic heterocycles. The maximum absolute atomic E-state index is 13.4. The Morgan fingerprint density at radius 2 is 1.74 bits per heavy atom. The van der Waals surface area contributed by atoms with Crippen molar-refractivity contribution in [2.45, 2.75) is 44.9 Å². The number of amides is 2. The zero-order valence-electron chi connectivity index (χ0n) is 19.0. The number of ether oxygens (including phenoxy) is 1. The molecule has 1 fully saturated rings. The van der Waals surface area contributed by atoms with Crippen molar-refractivity contribution < 1.29 is 23.9 Å². The molecule has 0 spiro atoms. The highest BCUT2D eigenvalue weighted by molar-refractivity contribution is 6.01. The summed E-state index contributed by atoms with van der Waals surface area (Å²) in [6, 6.07) is 13.0. The fourth-order valence-electron chi connectivity index (χ4n) is 5.36. The van der Waals surface area contributed by atoms with Gasteiger partial charge in [0.1, 0.15) is 0 Å². The van der Waals surface area contributed by atoms with Crippen LogP contribution in [0.4, 0.5) is 11.4 Å². The van der Waals surface area contributed by atoms with Gasteiger partial charge in [-0.2, -0.15) is 0 Å². The molecule has 2 heterocycles. The Balaban J connectivity index is 1.23. The fourth-order valence-corrected chi connectivity index (χ4v) is 5.36. The Morgan fingerprint density at radius 3 is 2.59 bits per heavy atom. The van der Waals surface area contributed by atoms with Gasteiger partial charge >= 0.3 is 5.97 Å². The second-order valence-electron chi connectivity index (χ2n) is 9.32. The minimum absolute atomic E-state index is 0.0188. The van der Waals surface area contributed by atoms with E-state index in [1.807, 2.05) is 29.2 Å². The summed E-state index contributed by atoms with van der Waals surface area (Å²) in [6.07, 6.45) is 4.80. The van der Waals surface area contributed by atoms with Crippen LogP contribution in [0.25, 0.3) is 0 Å². The van der Waals surface area contributed by atoms with Crippen molar-refractivity contribution in [3.8, 4) is 0 Å². The number of carbonyl (C=O) groups excluding carboxylic acids is 4. The largest absolute Gasteiger partial charge is 0.457 e. The molecule has 2 aromatic carbocycles. The molecular formula is C27H28N2O5. The molecule has 7 heteroatoms. The molecule has 1 aliphatic carbocycles. The van der Waals surface area contributed by atoms with Gasteiger partial charge in [-0.15, -0.1) is 0 Å². The van der Waals surface area contributed by atoms with Crippen molar-refractivity contribution in [3.63, 3.8) is 0 Å². The van der Waals surface area contributed by atoms with Crippen molar-refractivity contribution in [3.05, 3.63) is 59.2 Å². The Morgan fingerprint density at radius 1 is 0.941 bits per heavy atom. The third-order valence-corrected chi connectivity index (χ3v) is 7.21. The van der Waals surface area contributed by atoms with Gasteiger partial charge in [0, 0.05) is 29.9 Å². The molecule has 0 radical (unpaired) electrons. The van der Waals surface area contributed by atoms with Crippen LogP contribution in [0.5, 0.6) is 0 Å². The van der Waals surface area contributed by atoms with E-state index in [4.69, 9.17) is 4.74 Å². The predicted octanol–water partition coefficient (Wildman–Crippen LogP) is 3.69. The van der Waals surface area contributed by atoms with Crippen LogP contribution in [0, 0.1) is 11.8 Å². The number of nitrogens with zero attached hydrogens (tertiary/aromatic N) is 1. The molecule has 2 aromatic rings. The summed E-state index contributed by atoms with van der Waals surface area (Å²) in [5, 5.41) is 2.79. The zero-order chi connectivity index (χ0) is 23.7. The van der Waals surface area contributed by atoms with E-state index in [-0.39, 0.29) is 24.2 Å². The highest BCUT2D eigenvalue weighted by Gasteiger charge is 2.40. The van der Waals surface area contributed by atoms with Crippen LogP contribution in [0.1, 0.15) is 53.6 Å². The molecule has 1 saturated carbocycles. The van der Waals surface area contributed by atoms with Crippen molar-refractivity contribution in [1.82, 2.24) is 0 Å². The average Bonchev–Trinajstić information content (AvgIpc) is 3.30. The number of rotatable bonds is 5. The van der Waals surface area contributed by atoms with Crippen LogP contribution in [-0.2, 0) is 32.0 Å². The molecule has 34 heavy (non-hydrogen) atoms. The third kappa shape index (κ3) is 4.34. The summed E-state index contributed by atoms with van der Waals surface area (Å²) >= 11 is 0. The van der Waals surface area contributed by atoms with E-state index in [1.165, 1.54) is 0 Å². The first-order valence-electron chi connectivity index (χ1n) is 12.0. The molecule has 2 amide bonds. The summed E-state index contributed by atoms with van der Waals surface area (Å²) in [5.74, 6) is -1.76. The lowest BCUT2D eigenvalue weighted by atomic mass is 9.78. The zero-order valence-corrected chi connectivity index (χ0v) is 19.0. The van der Waals surface area contributed by atoms with Crippen LogP contribution in [0.3, 0.4) is 0 Å². The molecule has 3 aliphatic rings. The smallest absolute Gasteiger partial charge is 0.310 e. The van der Waals surface area contributed by atoms with E-state index in [0.29, 0.717) is 37.8 Å². The van der Waals surface area contributed by atoms with Crippen molar-refractivity contribution >= 4 is 34.9 Å². The summed E-state index contributed by atoms with van der Waals surface area (Å²) in [4.78, 5) is 52.4. The lowest BCUT2D eigenvalue weighted by Gasteiger charge is -2.32. The summed E-state index contributed by atoms with van der Waals surface area (Å²) in [7, 11) is 0. The number of hydrogen-bond donors (Lipinski definition) is 1. The maximum atomic E-state index is 13.4. The molecule has 0 bridgehead atoms. The molecule has 2 atom stereocenters. The van der Waals surface area contributed by atoms with Crippen LogP contribution in [0.15, 0.2) is 42.5 Å². The number of carbonyl (C=O) groups is 4. The van der Waals surface area contributed by atoms with Gasteiger partial charge in [-0.3, -0.25) is 19.2 Å². The van der Waals surface area contributed by atoms with Gasteiger partial charge < -0.3 is 15.0 Å². The number of nitrogens with one attached hydrogen (secondary N) is 1. The van der Waals surface area contributed by atoms with Crippen molar-refractivity contribution in [1.29, 1.82) is 0 Å². The molecular weight excluding hydrogens is 432 g/mol. The predicted molar refractivity (Wildman–Crippen MR) is 127 cm³/mol. The van der Waals surface area contributed by atoms with Crippen LogP contribution in [-0.4, -0.2) is 36.7 Å². The monoisotopic (exact) mass is 460 g/mol. The number of ketones is 1. The first-order valence-corrected chi connectivity index (χ1v) is 12.0. The van der Waals surface area contributed by atoms with Gasteiger partial charge in [0.05, 0.1) is 11.8 Å². The molecule has 2 aliphatic heterocycles. The molecule has 1 N–H and O–H groups in total. The average molecular weight is 461 g/mol. The Bertz CT molecular complexity index is 1160. The second kappa shape index (κ2) is 9.41. The summed E-state index contributed by atoms with van der Waals surface area (Å²) in [6.45, 7) is 0.279. The first-order chi connectivity index (χ1) is 16.5. The number of anilines is 2. The van der Waals surface area contributed by atoms with Gasteiger partial charge in [-0.05, 0) is 61.1 Å². The van der Waals surface area contributed by atoms with E-state index < -0.39 is 17.8 Å².